The Morgan fingerprint density at radius 2 is 2.00 bits per heavy atom. The van der Waals surface area contributed by atoms with Crippen molar-refractivity contribution in [2.45, 2.75) is 39.7 Å². The van der Waals surface area contributed by atoms with Gasteiger partial charge in [0.15, 0.2) is 0 Å². The van der Waals surface area contributed by atoms with E-state index in [9.17, 15) is 9.50 Å². The molecule has 1 N–H and O–H groups in total. The second kappa shape index (κ2) is 5.15. The molecular weight excluding hydrogens is 227 g/mol. The van der Waals surface area contributed by atoms with Gasteiger partial charge in [0, 0.05) is 11.4 Å². The molecule has 0 heterocycles. The normalized spacial score (nSPS) is 13.9. The molecule has 0 fully saturated rings. The Bertz CT molecular complexity index is 357. The van der Waals surface area contributed by atoms with Gasteiger partial charge in [-0.1, -0.05) is 38.4 Å². The Morgan fingerprint density at radius 1 is 1.38 bits per heavy atom. The number of aliphatic hydroxyl groups excluding tert-OH is 1. The number of aliphatic hydroxyl groups is 1. The van der Waals surface area contributed by atoms with Gasteiger partial charge in [-0.3, -0.25) is 0 Å². The summed E-state index contributed by atoms with van der Waals surface area (Å²) < 4.78 is 13.4. The van der Waals surface area contributed by atoms with Crippen molar-refractivity contribution in [3.63, 3.8) is 0 Å². The SMILES string of the molecule is CC(C)(C)CC(O)Cc1ccc(Cl)cc1F. The van der Waals surface area contributed by atoms with Gasteiger partial charge in [0.2, 0.25) is 0 Å². The molecule has 0 radical (unpaired) electrons. The molecule has 1 aromatic rings. The molecule has 0 aliphatic rings. The quantitative estimate of drug-likeness (QED) is 0.857. The molecule has 0 saturated carbocycles. The van der Waals surface area contributed by atoms with Gasteiger partial charge in [-0.2, -0.15) is 0 Å². The van der Waals surface area contributed by atoms with E-state index in [-0.39, 0.29) is 11.2 Å². The first-order chi connectivity index (χ1) is 7.28. The number of halogens is 2. The summed E-state index contributed by atoms with van der Waals surface area (Å²) in [6, 6.07) is 4.55. The third kappa shape index (κ3) is 4.50. The fourth-order valence-corrected chi connectivity index (χ4v) is 1.88. The molecule has 0 aromatic heterocycles. The van der Waals surface area contributed by atoms with Crippen LogP contribution in [-0.4, -0.2) is 11.2 Å². The van der Waals surface area contributed by atoms with Gasteiger partial charge in [0.25, 0.3) is 0 Å². The maximum absolute atomic E-state index is 13.4. The summed E-state index contributed by atoms with van der Waals surface area (Å²) >= 11 is 5.66. The summed E-state index contributed by atoms with van der Waals surface area (Å²) in [6.45, 7) is 6.15. The van der Waals surface area contributed by atoms with Crippen LogP contribution in [-0.2, 0) is 6.42 Å². The van der Waals surface area contributed by atoms with Crippen LogP contribution in [0.5, 0.6) is 0 Å². The minimum atomic E-state index is -0.518. The maximum Gasteiger partial charge on any atom is 0.127 e. The molecule has 0 amide bonds. The first kappa shape index (κ1) is 13.5. The average Bonchev–Trinajstić information content (AvgIpc) is 2.06. The molecule has 0 spiro atoms. The summed E-state index contributed by atoms with van der Waals surface area (Å²) in [5.74, 6) is -0.347. The highest BCUT2D eigenvalue weighted by atomic mass is 35.5. The number of hydrogen-bond donors (Lipinski definition) is 1. The monoisotopic (exact) mass is 244 g/mol. The van der Waals surface area contributed by atoms with Gasteiger partial charge in [-0.05, 0) is 29.5 Å². The highest BCUT2D eigenvalue weighted by Gasteiger charge is 2.18. The average molecular weight is 245 g/mol. The van der Waals surface area contributed by atoms with E-state index in [1.807, 2.05) is 0 Å². The molecule has 90 valence electrons. The van der Waals surface area contributed by atoms with Crippen molar-refractivity contribution < 1.29 is 9.50 Å². The van der Waals surface area contributed by atoms with Crippen molar-refractivity contribution in [1.82, 2.24) is 0 Å². The predicted molar refractivity (Wildman–Crippen MR) is 65.2 cm³/mol. The van der Waals surface area contributed by atoms with Crippen LogP contribution in [0.4, 0.5) is 4.39 Å². The van der Waals surface area contributed by atoms with Crippen molar-refractivity contribution in [3.8, 4) is 0 Å². The van der Waals surface area contributed by atoms with E-state index in [4.69, 9.17) is 11.6 Å². The first-order valence-corrected chi connectivity index (χ1v) is 5.78. The third-order valence-electron chi connectivity index (χ3n) is 2.32. The van der Waals surface area contributed by atoms with Crippen LogP contribution in [0, 0.1) is 11.2 Å². The highest BCUT2D eigenvalue weighted by Crippen LogP contribution is 2.23. The van der Waals surface area contributed by atoms with E-state index in [2.05, 4.69) is 20.8 Å². The molecule has 0 saturated heterocycles. The van der Waals surface area contributed by atoms with Crippen LogP contribution < -0.4 is 0 Å². The molecule has 1 nitrogen and oxygen atoms in total. The Hall–Kier alpha value is -0.600. The predicted octanol–water partition coefficient (Wildman–Crippen LogP) is 3.82. The lowest BCUT2D eigenvalue weighted by molar-refractivity contribution is 0.120. The lowest BCUT2D eigenvalue weighted by atomic mass is 9.87. The smallest absolute Gasteiger partial charge is 0.127 e. The lowest BCUT2D eigenvalue weighted by Crippen LogP contribution is -2.20. The number of hydrogen-bond acceptors (Lipinski definition) is 1. The summed E-state index contributed by atoms with van der Waals surface area (Å²) in [4.78, 5) is 0. The van der Waals surface area contributed by atoms with E-state index in [0.29, 0.717) is 23.4 Å². The van der Waals surface area contributed by atoms with E-state index >= 15 is 0 Å². The molecule has 1 atom stereocenters. The zero-order valence-electron chi connectivity index (χ0n) is 9.93. The molecule has 0 aliphatic carbocycles. The fraction of sp³-hybridized carbons (Fsp3) is 0.538. The minimum Gasteiger partial charge on any atom is -0.393 e. The van der Waals surface area contributed by atoms with Crippen LogP contribution in [0.3, 0.4) is 0 Å². The topological polar surface area (TPSA) is 20.2 Å². The van der Waals surface area contributed by atoms with Crippen LogP contribution in [0.1, 0.15) is 32.8 Å². The Balaban J connectivity index is 2.66. The molecule has 1 rings (SSSR count). The molecule has 16 heavy (non-hydrogen) atoms. The summed E-state index contributed by atoms with van der Waals surface area (Å²) in [5.41, 5.74) is 0.559. The van der Waals surface area contributed by atoms with Crippen molar-refractivity contribution in [3.05, 3.63) is 34.6 Å². The summed E-state index contributed by atoms with van der Waals surface area (Å²) in [5, 5.41) is 10.2. The van der Waals surface area contributed by atoms with Crippen molar-refractivity contribution in [2.75, 3.05) is 0 Å². The van der Waals surface area contributed by atoms with Crippen LogP contribution >= 0.6 is 11.6 Å². The van der Waals surface area contributed by atoms with Gasteiger partial charge < -0.3 is 5.11 Å². The van der Waals surface area contributed by atoms with Crippen LogP contribution in [0.25, 0.3) is 0 Å². The second-order valence-electron chi connectivity index (χ2n) is 5.36. The Labute approximate surface area is 101 Å². The van der Waals surface area contributed by atoms with Crippen molar-refractivity contribution >= 4 is 11.6 Å². The van der Waals surface area contributed by atoms with E-state index in [1.54, 1.807) is 12.1 Å². The Morgan fingerprint density at radius 3 is 2.50 bits per heavy atom. The third-order valence-corrected chi connectivity index (χ3v) is 2.55. The zero-order valence-corrected chi connectivity index (χ0v) is 10.7. The summed E-state index contributed by atoms with van der Waals surface area (Å²) in [6.07, 6.45) is 0.464. The zero-order chi connectivity index (χ0) is 12.3. The molecule has 0 aliphatic heterocycles. The van der Waals surface area contributed by atoms with Gasteiger partial charge in [0.05, 0.1) is 6.10 Å². The standard InChI is InChI=1S/C13H18ClFO/c1-13(2,3)8-11(16)6-9-4-5-10(14)7-12(9)15/h4-5,7,11,16H,6,8H2,1-3H3. The van der Waals surface area contributed by atoms with Gasteiger partial charge in [-0.15, -0.1) is 0 Å². The second-order valence-corrected chi connectivity index (χ2v) is 5.79. The van der Waals surface area contributed by atoms with E-state index < -0.39 is 6.10 Å². The summed E-state index contributed by atoms with van der Waals surface area (Å²) in [7, 11) is 0. The largest absolute Gasteiger partial charge is 0.393 e. The van der Waals surface area contributed by atoms with E-state index in [0.717, 1.165) is 0 Å². The van der Waals surface area contributed by atoms with Gasteiger partial charge in [-0.25, -0.2) is 4.39 Å². The van der Waals surface area contributed by atoms with Gasteiger partial charge >= 0.3 is 0 Å². The molecule has 3 heteroatoms. The molecular formula is C13H18ClFO. The fourth-order valence-electron chi connectivity index (χ4n) is 1.72. The minimum absolute atomic E-state index is 0.0440. The molecule has 0 bridgehead atoms. The molecule has 1 aromatic carbocycles. The number of benzene rings is 1. The van der Waals surface area contributed by atoms with Crippen molar-refractivity contribution in [1.29, 1.82) is 0 Å². The molecule has 1 unspecified atom stereocenters. The van der Waals surface area contributed by atoms with Crippen molar-refractivity contribution in [2.24, 2.45) is 5.41 Å². The van der Waals surface area contributed by atoms with Crippen LogP contribution in [0.15, 0.2) is 18.2 Å². The highest BCUT2D eigenvalue weighted by molar-refractivity contribution is 6.30. The van der Waals surface area contributed by atoms with Crippen LogP contribution in [0.2, 0.25) is 5.02 Å². The number of rotatable bonds is 3. The first-order valence-electron chi connectivity index (χ1n) is 5.40. The Kier molecular flexibility index (Phi) is 4.34. The maximum atomic E-state index is 13.4. The van der Waals surface area contributed by atoms with E-state index in [1.165, 1.54) is 6.07 Å². The lowest BCUT2D eigenvalue weighted by Gasteiger charge is -2.22. The van der Waals surface area contributed by atoms with Gasteiger partial charge in [0.1, 0.15) is 5.82 Å².